The quantitative estimate of drug-likeness (QED) is 0.576. The Morgan fingerprint density at radius 2 is 1.86 bits per heavy atom. The third kappa shape index (κ3) is 5.72. The Labute approximate surface area is 123 Å². The van der Waals surface area contributed by atoms with Crippen molar-refractivity contribution in [3.05, 3.63) is 23.8 Å². The van der Waals surface area contributed by atoms with Gasteiger partial charge in [-0.1, -0.05) is 13.8 Å². The Bertz CT molecular complexity index is 525. The highest BCUT2D eigenvalue weighted by molar-refractivity contribution is 5.97. The number of hydrogen-bond acceptors (Lipinski definition) is 4. The van der Waals surface area contributed by atoms with Crippen LogP contribution < -0.4 is 5.32 Å². The predicted octanol–water partition coefficient (Wildman–Crippen LogP) is 2.11. The van der Waals surface area contributed by atoms with Crippen LogP contribution in [0.1, 0.15) is 43.5 Å². The smallest absolute Gasteiger partial charge is 0.303 e. The third-order valence-corrected chi connectivity index (χ3v) is 3.33. The summed E-state index contributed by atoms with van der Waals surface area (Å²) in [5, 5.41) is 30.2. The molecule has 1 aromatic carbocycles. The Morgan fingerprint density at radius 1 is 1.19 bits per heavy atom. The van der Waals surface area contributed by atoms with Crippen molar-refractivity contribution in [3.8, 4) is 11.5 Å². The van der Waals surface area contributed by atoms with Crippen LogP contribution in [0, 0.1) is 5.41 Å². The van der Waals surface area contributed by atoms with E-state index in [1.165, 1.54) is 18.2 Å². The average molecular weight is 295 g/mol. The van der Waals surface area contributed by atoms with E-state index < -0.39 is 11.9 Å². The monoisotopic (exact) mass is 295 g/mol. The zero-order valence-electron chi connectivity index (χ0n) is 12.2. The number of carboxylic acids is 1. The third-order valence-electron chi connectivity index (χ3n) is 3.33. The molecule has 0 fully saturated rings. The molecule has 0 bridgehead atoms. The largest absolute Gasteiger partial charge is 0.508 e. The highest BCUT2D eigenvalue weighted by atomic mass is 16.4. The van der Waals surface area contributed by atoms with Gasteiger partial charge in [0, 0.05) is 13.0 Å². The second kappa shape index (κ2) is 6.97. The number of amides is 1. The summed E-state index contributed by atoms with van der Waals surface area (Å²) in [5.41, 5.74) is -0.189. The number of rotatable bonds is 7. The Balaban J connectivity index is 2.50. The van der Waals surface area contributed by atoms with Gasteiger partial charge in [-0.15, -0.1) is 0 Å². The minimum Gasteiger partial charge on any atom is -0.508 e. The highest BCUT2D eigenvalue weighted by Gasteiger charge is 2.20. The number of nitrogens with one attached hydrogen (secondary N) is 1. The van der Waals surface area contributed by atoms with Gasteiger partial charge in [-0.3, -0.25) is 9.59 Å². The van der Waals surface area contributed by atoms with Crippen molar-refractivity contribution in [2.24, 2.45) is 5.41 Å². The summed E-state index contributed by atoms with van der Waals surface area (Å²) in [7, 11) is 0. The molecular weight excluding hydrogens is 274 g/mol. The minimum absolute atomic E-state index is 0.0124. The van der Waals surface area contributed by atoms with Crippen molar-refractivity contribution in [3.63, 3.8) is 0 Å². The second-order valence-corrected chi connectivity index (χ2v) is 5.77. The van der Waals surface area contributed by atoms with Crippen molar-refractivity contribution >= 4 is 11.9 Å². The molecule has 21 heavy (non-hydrogen) atoms. The molecule has 1 aromatic rings. The molecule has 0 heterocycles. The summed E-state index contributed by atoms with van der Waals surface area (Å²) in [5.74, 6) is -1.61. The first-order chi connectivity index (χ1) is 9.71. The number of carbonyl (C=O) groups is 2. The van der Waals surface area contributed by atoms with Crippen LogP contribution in [0.3, 0.4) is 0 Å². The molecular formula is C15H21NO5. The molecule has 4 N–H and O–H groups in total. The fourth-order valence-electron chi connectivity index (χ4n) is 1.89. The van der Waals surface area contributed by atoms with Gasteiger partial charge in [-0.05, 0) is 36.5 Å². The Kier molecular flexibility index (Phi) is 5.58. The fourth-order valence-corrected chi connectivity index (χ4v) is 1.89. The molecule has 0 radical (unpaired) electrons. The maximum absolute atomic E-state index is 11.9. The molecule has 6 nitrogen and oxygen atoms in total. The first-order valence-electron chi connectivity index (χ1n) is 6.73. The van der Waals surface area contributed by atoms with Crippen LogP contribution in [-0.4, -0.2) is 33.7 Å². The summed E-state index contributed by atoms with van der Waals surface area (Å²) in [6, 6.07) is 3.74. The van der Waals surface area contributed by atoms with Crippen LogP contribution in [0.4, 0.5) is 0 Å². The summed E-state index contributed by atoms with van der Waals surface area (Å²) in [6.45, 7) is 4.24. The number of hydrogen-bond donors (Lipinski definition) is 4. The molecule has 0 aliphatic carbocycles. The zero-order chi connectivity index (χ0) is 16.0. The Hall–Kier alpha value is -2.24. The molecule has 0 atom stereocenters. The standard InChI is InChI=1S/C15H21NO5/c1-15(2,6-5-13(19)20)7-8-16-14(21)11-9-10(17)3-4-12(11)18/h3-4,9,17-18H,5-8H2,1-2H3,(H,16,21)(H,19,20). The van der Waals surface area contributed by atoms with Crippen LogP contribution in [0.2, 0.25) is 0 Å². The molecule has 6 heteroatoms. The van der Waals surface area contributed by atoms with E-state index >= 15 is 0 Å². The number of aromatic hydroxyl groups is 2. The summed E-state index contributed by atoms with van der Waals surface area (Å²) < 4.78 is 0. The average Bonchev–Trinajstić information content (AvgIpc) is 2.39. The van der Waals surface area contributed by atoms with E-state index in [2.05, 4.69) is 5.32 Å². The maximum atomic E-state index is 11.9. The number of carboxylic acid groups (broad SMARTS) is 1. The lowest BCUT2D eigenvalue weighted by molar-refractivity contribution is -0.137. The SMILES string of the molecule is CC(C)(CCNC(=O)c1cc(O)ccc1O)CCC(=O)O. The molecule has 1 rings (SSSR count). The number of phenols is 2. The topological polar surface area (TPSA) is 107 Å². The van der Waals surface area contributed by atoms with E-state index in [9.17, 15) is 19.8 Å². The summed E-state index contributed by atoms with van der Waals surface area (Å²) in [6.07, 6.45) is 1.23. The van der Waals surface area contributed by atoms with Gasteiger partial charge in [0.15, 0.2) is 0 Å². The van der Waals surface area contributed by atoms with Crippen LogP contribution in [0.15, 0.2) is 18.2 Å². The van der Waals surface area contributed by atoms with Crippen molar-refractivity contribution in [1.29, 1.82) is 0 Å². The van der Waals surface area contributed by atoms with Crippen molar-refractivity contribution in [1.82, 2.24) is 5.32 Å². The van der Waals surface area contributed by atoms with E-state index in [0.717, 1.165) is 0 Å². The molecule has 0 aliphatic rings. The van der Waals surface area contributed by atoms with Gasteiger partial charge in [-0.2, -0.15) is 0 Å². The van der Waals surface area contributed by atoms with E-state index in [4.69, 9.17) is 5.11 Å². The van der Waals surface area contributed by atoms with Crippen LogP contribution in [-0.2, 0) is 4.79 Å². The van der Waals surface area contributed by atoms with Crippen molar-refractivity contribution < 1.29 is 24.9 Å². The van der Waals surface area contributed by atoms with Gasteiger partial charge in [0.1, 0.15) is 11.5 Å². The normalized spacial score (nSPS) is 11.1. The van der Waals surface area contributed by atoms with Crippen LogP contribution in [0.5, 0.6) is 11.5 Å². The molecule has 0 aromatic heterocycles. The van der Waals surface area contributed by atoms with Gasteiger partial charge in [0.2, 0.25) is 0 Å². The van der Waals surface area contributed by atoms with E-state index in [1.54, 1.807) is 0 Å². The van der Waals surface area contributed by atoms with Crippen molar-refractivity contribution in [2.75, 3.05) is 6.54 Å². The van der Waals surface area contributed by atoms with E-state index in [-0.39, 0.29) is 28.9 Å². The lowest BCUT2D eigenvalue weighted by Crippen LogP contribution is -2.28. The van der Waals surface area contributed by atoms with Crippen LogP contribution in [0.25, 0.3) is 0 Å². The molecule has 0 saturated carbocycles. The number of phenolic OH excluding ortho intramolecular Hbond substituents is 2. The molecule has 116 valence electrons. The molecule has 0 saturated heterocycles. The summed E-state index contributed by atoms with van der Waals surface area (Å²) in [4.78, 5) is 22.5. The highest BCUT2D eigenvalue weighted by Crippen LogP contribution is 2.26. The minimum atomic E-state index is -0.836. The lowest BCUT2D eigenvalue weighted by atomic mass is 9.84. The molecule has 0 aliphatic heterocycles. The molecule has 1 amide bonds. The number of aliphatic carboxylic acids is 1. The first-order valence-corrected chi connectivity index (χ1v) is 6.73. The summed E-state index contributed by atoms with van der Waals surface area (Å²) >= 11 is 0. The van der Waals surface area contributed by atoms with Crippen LogP contribution >= 0.6 is 0 Å². The van der Waals surface area contributed by atoms with E-state index in [1.807, 2.05) is 13.8 Å². The number of carbonyl (C=O) groups excluding carboxylic acids is 1. The Morgan fingerprint density at radius 3 is 2.48 bits per heavy atom. The fraction of sp³-hybridized carbons (Fsp3) is 0.467. The lowest BCUT2D eigenvalue weighted by Gasteiger charge is -2.23. The van der Waals surface area contributed by atoms with Gasteiger partial charge in [-0.25, -0.2) is 0 Å². The van der Waals surface area contributed by atoms with Gasteiger partial charge in [0.05, 0.1) is 5.56 Å². The molecule has 0 unspecified atom stereocenters. The predicted molar refractivity (Wildman–Crippen MR) is 77.4 cm³/mol. The molecule has 0 spiro atoms. The second-order valence-electron chi connectivity index (χ2n) is 5.77. The first kappa shape index (κ1) is 16.8. The van der Waals surface area contributed by atoms with Gasteiger partial charge < -0.3 is 20.6 Å². The van der Waals surface area contributed by atoms with Crippen molar-refractivity contribution in [2.45, 2.75) is 33.1 Å². The zero-order valence-corrected chi connectivity index (χ0v) is 12.2. The van der Waals surface area contributed by atoms with Gasteiger partial charge >= 0.3 is 5.97 Å². The van der Waals surface area contributed by atoms with Gasteiger partial charge in [0.25, 0.3) is 5.91 Å². The maximum Gasteiger partial charge on any atom is 0.303 e. The van der Waals surface area contributed by atoms with E-state index in [0.29, 0.717) is 19.4 Å². The number of benzene rings is 1.